The van der Waals surface area contributed by atoms with E-state index in [1.54, 1.807) is 0 Å². The Labute approximate surface area is 77.9 Å². The Hall–Kier alpha value is -0.650. The molecule has 1 saturated heterocycles. The first-order chi connectivity index (χ1) is 6.20. The summed E-state index contributed by atoms with van der Waals surface area (Å²) in [5, 5.41) is 11.8. The number of hydrogen-bond acceptors (Lipinski definition) is 4. The Morgan fingerprint density at radius 1 is 1.54 bits per heavy atom. The molecule has 1 heterocycles. The third-order valence-electron chi connectivity index (χ3n) is 2.28. The monoisotopic (exact) mass is 187 g/mol. The second kappa shape index (κ2) is 5.16. The topological polar surface area (TPSA) is 78.6 Å². The number of carboxylic acids is 1. The molecule has 0 amide bonds. The summed E-state index contributed by atoms with van der Waals surface area (Å²) in [6, 6.07) is -0.713. The van der Waals surface area contributed by atoms with Gasteiger partial charge in [-0.15, -0.1) is 0 Å². The lowest BCUT2D eigenvalue weighted by Gasteiger charge is -2.27. The van der Waals surface area contributed by atoms with Gasteiger partial charge in [-0.1, -0.05) is 0 Å². The number of carbonyl (C=O) groups is 1. The summed E-state index contributed by atoms with van der Waals surface area (Å²) in [4.78, 5) is 12.7. The lowest BCUT2D eigenvalue weighted by Crippen LogP contribution is -2.45. The molecule has 1 atom stereocenters. The molecular formula is C8H17N3O2. The van der Waals surface area contributed by atoms with Crippen LogP contribution in [-0.4, -0.2) is 54.7 Å². The molecular weight excluding hydrogens is 170 g/mol. The van der Waals surface area contributed by atoms with Crippen LogP contribution in [0.1, 0.15) is 6.42 Å². The minimum atomic E-state index is -0.907. The van der Waals surface area contributed by atoms with Crippen molar-refractivity contribution >= 4 is 5.97 Å². The maximum Gasteiger partial charge on any atom is 0.320 e. The van der Waals surface area contributed by atoms with Gasteiger partial charge in [-0.3, -0.25) is 4.79 Å². The van der Waals surface area contributed by atoms with Crippen molar-refractivity contribution in [2.45, 2.75) is 12.5 Å². The molecule has 0 aromatic rings. The number of carboxylic acid groups (broad SMARTS) is 1. The van der Waals surface area contributed by atoms with E-state index in [4.69, 9.17) is 10.8 Å². The Morgan fingerprint density at radius 3 is 2.69 bits per heavy atom. The van der Waals surface area contributed by atoms with Crippen LogP contribution in [0.5, 0.6) is 0 Å². The largest absolute Gasteiger partial charge is 0.480 e. The van der Waals surface area contributed by atoms with E-state index < -0.39 is 12.0 Å². The Balaban J connectivity index is 2.13. The number of nitrogens with one attached hydrogen (secondary N) is 1. The summed E-state index contributed by atoms with van der Waals surface area (Å²) in [6.45, 7) is 4.75. The molecule has 0 radical (unpaired) electrons. The highest BCUT2D eigenvalue weighted by molar-refractivity contribution is 5.72. The van der Waals surface area contributed by atoms with Gasteiger partial charge in [-0.05, 0) is 6.42 Å². The standard InChI is InChI=1S/C8H17N3O2/c9-7(8(12)13)1-4-11-5-2-10-3-6-11/h7,10H,1-6,9H2,(H,12,13)/t7-/m0/s1. The van der Waals surface area contributed by atoms with Gasteiger partial charge in [-0.2, -0.15) is 0 Å². The first kappa shape index (κ1) is 10.4. The van der Waals surface area contributed by atoms with Gasteiger partial charge in [-0.25, -0.2) is 0 Å². The third kappa shape index (κ3) is 3.71. The highest BCUT2D eigenvalue weighted by atomic mass is 16.4. The van der Waals surface area contributed by atoms with Gasteiger partial charge in [0, 0.05) is 32.7 Å². The Kier molecular flexibility index (Phi) is 4.14. The fraction of sp³-hybridized carbons (Fsp3) is 0.875. The molecule has 4 N–H and O–H groups in total. The van der Waals surface area contributed by atoms with Crippen molar-refractivity contribution in [3.63, 3.8) is 0 Å². The van der Waals surface area contributed by atoms with E-state index in [1.807, 2.05) is 0 Å². The first-order valence-corrected chi connectivity index (χ1v) is 4.61. The molecule has 1 aliphatic rings. The molecule has 5 heteroatoms. The van der Waals surface area contributed by atoms with Crippen molar-refractivity contribution in [1.82, 2.24) is 10.2 Å². The minimum Gasteiger partial charge on any atom is -0.480 e. The van der Waals surface area contributed by atoms with Crippen molar-refractivity contribution in [1.29, 1.82) is 0 Å². The fourth-order valence-electron chi connectivity index (χ4n) is 1.38. The maximum atomic E-state index is 10.4. The van der Waals surface area contributed by atoms with Gasteiger partial charge >= 0.3 is 5.97 Å². The van der Waals surface area contributed by atoms with Gasteiger partial charge < -0.3 is 21.1 Å². The number of piperazine rings is 1. The van der Waals surface area contributed by atoms with E-state index >= 15 is 0 Å². The van der Waals surface area contributed by atoms with Crippen LogP contribution in [0.25, 0.3) is 0 Å². The molecule has 0 bridgehead atoms. The molecule has 0 spiro atoms. The first-order valence-electron chi connectivity index (χ1n) is 4.61. The summed E-state index contributed by atoms with van der Waals surface area (Å²) < 4.78 is 0. The minimum absolute atomic E-state index is 0.537. The SMILES string of the molecule is N[C@@H](CCN1CCNCC1)C(=O)O. The summed E-state index contributed by atoms with van der Waals surface area (Å²) in [6.07, 6.45) is 0.537. The number of hydrogen-bond donors (Lipinski definition) is 3. The fourth-order valence-corrected chi connectivity index (χ4v) is 1.38. The van der Waals surface area contributed by atoms with Gasteiger partial charge in [0.1, 0.15) is 6.04 Å². The lowest BCUT2D eigenvalue weighted by atomic mass is 10.2. The molecule has 13 heavy (non-hydrogen) atoms. The molecule has 1 fully saturated rings. The Morgan fingerprint density at radius 2 is 2.15 bits per heavy atom. The average Bonchev–Trinajstić information content (AvgIpc) is 2.15. The van der Waals surface area contributed by atoms with Crippen LogP contribution in [0.3, 0.4) is 0 Å². The van der Waals surface area contributed by atoms with Crippen molar-refractivity contribution in [3.8, 4) is 0 Å². The number of nitrogens with zero attached hydrogens (tertiary/aromatic N) is 1. The van der Waals surface area contributed by atoms with Crippen LogP contribution in [0, 0.1) is 0 Å². The van der Waals surface area contributed by atoms with Crippen molar-refractivity contribution in [3.05, 3.63) is 0 Å². The summed E-state index contributed by atoms with van der Waals surface area (Å²) in [7, 11) is 0. The zero-order chi connectivity index (χ0) is 9.68. The number of nitrogens with two attached hydrogens (primary N) is 1. The van der Waals surface area contributed by atoms with Gasteiger partial charge in [0.25, 0.3) is 0 Å². The molecule has 5 nitrogen and oxygen atoms in total. The normalized spacial score (nSPS) is 21.3. The number of rotatable bonds is 4. The molecule has 0 saturated carbocycles. The highest BCUT2D eigenvalue weighted by Crippen LogP contribution is 1.96. The molecule has 0 aromatic heterocycles. The summed E-state index contributed by atoms with van der Waals surface area (Å²) in [5.74, 6) is -0.907. The zero-order valence-electron chi connectivity index (χ0n) is 7.70. The summed E-state index contributed by atoms with van der Waals surface area (Å²) >= 11 is 0. The second-order valence-electron chi connectivity index (χ2n) is 3.33. The van der Waals surface area contributed by atoms with Crippen molar-refractivity contribution < 1.29 is 9.90 Å². The van der Waals surface area contributed by atoms with Crippen molar-refractivity contribution in [2.75, 3.05) is 32.7 Å². The van der Waals surface area contributed by atoms with Gasteiger partial charge in [0.05, 0.1) is 0 Å². The maximum absolute atomic E-state index is 10.4. The number of aliphatic carboxylic acids is 1. The Bertz CT molecular complexity index is 169. The molecule has 76 valence electrons. The predicted molar refractivity (Wildman–Crippen MR) is 49.5 cm³/mol. The molecule has 1 aliphatic heterocycles. The van der Waals surface area contributed by atoms with Crippen LogP contribution in [0.2, 0.25) is 0 Å². The predicted octanol–water partition coefficient (Wildman–Crippen LogP) is -1.31. The van der Waals surface area contributed by atoms with E-state index in [9.17, 15) is 4.79 Å². The van der Waals surface area contributed by atoms with E-state index in [0.29, 0.717) is 6.42 Å². The second-order valence-corrected chi connectivity index (χ2v) is 3.33. The molecule has 1 rings (SSSR count). The highest BCUT2D eigenvalue weighted by Gasteiger charge is 2.14. The van der Waals surface area contributed by atoms with Crippen molar-refractivity contribution in [2.24, 2.45) is 5.73 Å². The van der Waals surface area contributed by atoms with E-state index in [2.05, 4.69) is 10.2 Å². The quantitative estimate of drug-likeness (QED) is 0.509. The van der Waals surface area contributed by atoms with Crippen LogP contribution in [0.4, 0.5) is 0 Å². The summed E-state index contributed by atoms with van der Waals surface area (Å²) in [5.41, 5.74) is 5.39. The van der Waals surface area contributed by atoms with Crippen LogP contribution < -0.4 is 11.1 Å². The van der Waals surface area contributed by atoms with E-state index in [0.717, 1.165) is 32.7 Å². The van der Waals surface area contributed by atoms with E-state index in [-0.39, 0.29) is 0 Å². The molecule has 0 unspecified atom stereocenters. The van der Waals surface area contributed by atoms with Crippen LogP contribution in [0.15, 0.2) is 0 Å². The average molecular weight is 187 g/mol. The van der Waals surface area contributed by atoms with Crippen LogP contribution >= 0.6 is 0 Å². The molecule has 0 aliphatic carbocycles. The third-order valence-corrected chi connectivity index (χ3v) is 2.28. The van der Waals surface area contributed by atoms with Gasteiger partial charge in [0.2, 0.25) is 0 Å². The van der Waals surface area contributed by atoms with E-state index in [1.165, 1.54) is 0 Å². The smallest absolute Gasteiger partial charge is 0.320 e. The zero-order valence-corrected chi connectivity index (χ0v) is 7.70. The van der Waals surface area contributed by atoms with Gasteiger partial charge in [0.15, 0.2) is 0 Å². The van der Waals surface area contributed by atoms with Crippen LogP contribution in [-0.2, 0) is 4.79 Å². The molecule has 0 aromatic carbocycles. The lowest BCUT2D eigenvalue weighted by molar-refractivity contribution is -0.138.